The summed E-state index contributed by atoms with van der Waals surface area (Å²) in [6.45, 7) is 7.11. The van der Waals surface area contributed by atoms with E-state index >= 15 is 0 Å². The van der Waals surface area contributed by atoms with Crippen LogP contribution in [-0.4, -0.2) is 65.3 Å². The minimum Gasteiger partial charge on any atom is -0.395 e. The molecular weight excluding hydrogens is 252 g/mol. The van der Waals surface area contributed by atoms with E-state index in [9.17, 15) is 0 Å². The Kier molecular flexibility index (Phi) is 5.91. The van der Waals surface area contributed by atoms with Gasteiger partial charge in [-0.2, -0.15) is 0 Å². The molecule has 3 N–H and O–H groups in total. The standard InChI is InChI=1S/C15H26N4O/c1-2-14(16)15(13-4-3-5-17-12-13)19-8-6-18(7-9-19)10-11-20/h3-5,12,14-15,20H,2,6-11,16H2,1H3. The molecular formula is C15H26N4O. The van der Waals surface area contributed by atoms with Crippen molar-refractivity contribution >= 4 is 0 Å². The smallest absolute Gasteiger partial charge is 0.0558 e. The average Bonchev–Trinajstić information content (AvgIpc) is 2.50. The van der Waals surface area contributed by atoms with Crippen LogP contribution in [0, 0.1) is 0 Å². The number of β-amino-alcohol motifs (C(OH)–C–C–N with tert-alkyl or cyclic N) is 1. The monoisotopic (exact) mass is 278 g/mol. The first-order valence-electron chi connectivity index (χ1n) is 7.49. The molecule has 0 amide bonds. The molecule has 0 saturated carbocycles. The Bertz CT molecular complexity index is 379. The minimum absolute atomic E-state index is 0.128. The molecule has 5 nitrogen and oxygen atoms in total. The number of nitrogens with zero attached hydrogens (tertiary/aromatic N) is 3. The van der Waals surface area contributed by atoms with Gasteiger partial charge in [-0.05, 0) is 18.1 Å². The van der Waals surface area contributed by atoms with Crippen LogP contribution in [0.3, 0.4) is 0 Å². The van der Waals surface area contributed by atoms with Gasteiger partial charge in [0.2, 0.25) is 0 Å². The Labute approximate surface area is 121 Å². The van der Waals surface area contributed by atoms with E-state index < -0.39 is 0 Å². The number of aliphatic hydroxyl groups excluding tert-OH is 1. The van der Waals surface area contributed by atoms with Crippen molar-refractivity contribution < 1.29 is 5.11 Å². The lowest BCUT2D eigenvalue weighted by Gasteiger charge is -2.41. The molecule has 5 heteroatoms. The third kappa shape index (κ3) is 3.76. The van der Waals surface area contributed by atoms with Gasteiger partial charge in [-0.25, -0.2) is 0 Å². The molecule has 1 saturated heterocycles. The maximum absolute atomic E-state index is 9.01. The lowest BCUT2D eigenvalue weighted by Crippen LogP contribution is -2.51. The minimum atomic E-state index is 0.128. The van der Waals surface area contributed by atoms with Crippen LogP contribution in [-0.2, 0) is 0 Å². The molecule has 2 unspecified atom stereocenters. The van der Waals surface area contributed by atoms with Gasteiger partial charge in [0, 0.05) is 51.2 Å². The fourth-order valence-corrected chi connectivity index (χ4v) is 2.91. The first-order valence-corrected chi connectivity index (χ1v) is 7.49. The predicted molar refractivity (Wildman–Crippen MR) is 80.3 cm³/mol. The lowest BCUT2D eigenvalue weighted by atomic mass is 9.97. The number of hydrogen-bond acceptors (Lipinski definition) is 5. The highest BCUT2D eigenvalue weighted by Crippen LogP contribution is 2.25. The van der Waals surface area contributed by atoms with Crippen LogP contribution in [0.2, 0.25) is 0 Å². The zero-order chi connectivity index (χ0) is 14.4. The first-order chi connectivity index (χ1) is 9.76. The molecule has 2 rings (SSSR count). The Morgan fingerprint density at radius 2 is 2.10 bits per heavy atom. The highest BCUT2D eigenvalue weighted by atomic mass is 16.3. The van der Waals surface area contributed by atoms with E-state index in [1.54, 1.807) is 6.20 Å². The number of piperazine rings is 1. The van der Waals surface area contributed by atoms with Gasteiger partial charge in [0.15, 0.2) is 0 Å². The molecule has 1 aromatic rings. The summed E-state index contributed by atoms with van der Waals surface area (Å²) in [5.41, 5.74) is 7.56. The summed E-state index contributed by atoms with van der Waals surface area (Å²) in [5.74, 6) is 0. The van der Waals surface area contributed by atoms with Gasteiger partial charge >= 0.3 is 0 Å². The third-order valence-corrected chi connectivity index (χ3v) is 4.12. The van der Waals surface area contributed by atoms with Crippen LogP contribution in [0.4, 0.5) is 0 Å². The Morgan fingerprint density at radius 3 is 2.65 bits per heavy atom. The van der Waals surface area contributed by atoms with E-state index in [4.69, 9.17) is 10.8 Å². The molecule has 1 fully saturated rings. The molecule has 1 aliphatic rings. The van der Waals surface area contributed by atoms with Gasteiger partial charge in [-0.15, -0.1) is 0 Å². The summed E-state index contributed by atoms with van der Waals surface area (Å²) < 4.78 is 0. The number of nitrogens with two attached hydrogens (primary N) is 1. The van der Waals surface area contributed by atoms with Crippen LogP contribution in [0.25, 0.3) is 0 Å². The second-order valence-corrected chi connectivity index (χ2v) is 5.40. The van der Waals surface area contributed by atoms with Gasteiger partial charge in [0.25, 0.3) is 0 Å². The summed E-state index contributed by atoms with van der Waals surface area (Å²) >= 11 is 0. The van der Waals surface area contributed by atoms with Crippen LogP contribution in [0.5, 0.6) is 0 Å². The van der Waals surface area contributed by atoms with Crippen LogP contribution >= 0.6 is 0 Å². The second kappa shape index (κ2) is 7.69. The number of aromatic nitrogens is 1. The maximum atomic E-state index is 9.01. The molecule has 0 radical (unpaired) electrons. The largest absolute Gasteiger partial charge is 0.395 e. The Morgan fingerprint density at radius 1 is 1.35 bits per heavy atom. The van der Waals surface area contributed by atoms with E-state index in [0.717, 1.165) is 39.1 Å². The van der Waals surface area contributed by atoms with Gasteiger partial charge in [0.05, 0.1) is 12.6 Å². The predicted octanol–water partition coefficient (Wildman–Crippen LogP) is 0.470. The van der Waals surface area contributed by atoms with Crippen molar-refractivity contribution in [2.24, 2.45) is 5.73 Å². The van der Waals surface area contributed by atoms with E-state index in [-0.39, 0.29) is 18.7 Å². The highest BCUT2D eigenvalue weighted by Gasteiger charge is 2.28. The molecule has 2 heterocycles. The SMILES string of the molecule is CCC(N)C(c1cccnc1)N1CCN(CCO)CC1. The zero-order valence-corrected chi connectivity index (χ0v) is 12.3. The molecule has 0 aromatic carbocycles. The molecule has 1 aromatic heterocycles. The van der Waals surface area contributed by atoms with Crippen LogP contribution in [0.1, 0.15) is 24.9 Å². The van der Waals surface area contributed by atoms with Crippen molar-refractivity contribution in [3.8, 4) is 0 Å². The van der Waals surface area contributed by atoms with Crippen molar-refractivity contribution in [2.75, 3.05) is 39.3 Å². The van der Waals surface area contributed by atoms with Gasteiger partial charge in [-0.3, -0.25) is 14.8 Å². The maximum Gasteiger partial charge on any atom is 0.0558 e. The summed E-state index contributed by atoms with van der Waals surface area (Å²) in [7, 11) is 0. The average molecular weight is 278 g/mol. The van der Waals surface area contributed by atoms with Crippen molar-refractivity contribution in [1.82, 2.24) is 14.8 Å². The third-order valence-electron chi connectivity index (χ3n) is 4.12. The summed E-state index contributed by atoms with van der Waals surface area (Å²) in [6, 6.07) is 4.47. The van der Waals surface area contributed by atoms with Crippen molar-refractivity contribution in [3.05, 3.63) is 30.1 Å². The fourth-order valence-electron chi connectivity index (χ4n) is 2.91. The lowest BCUT2D eigenvalue weighted by molar-refractivity contribution is 0.0732. The molecule has 1 aliphatic heterocycles. The molecule has 0 spiro atoms. The van der Waals surface area contributed by atoms with Crippen molar-refractivity contribution in [1.29, 1.82) is 0 Å². The summed E-state index contributed by atoms with van der Waals surface area (Å²) in [6.07, 6.45) is 4.69. The van der Waals surface area contributed by atoms with E-state index in [1.807, 2.05) is 12.3 Å². The van der Waals surface area contributed by atoms with E-state index in [2.05, 4.69) is 27.8 Å². The number of hydrogen-bond donors (Lipinski definition) is 2. The molecule has 112 valence electrons. The second-order valence-electron chi connectivity index (χ2n) is 5.40. The quantitative estimate of drug-likeness (QED) is 0.792. The Balaban J connectivity index is 2.05. The van der Waals surface area contributed by atoms with Crippen molar-refractivity contribution in [2.45, 2.75) is 25.4 Å². The topological polar surface area (TPSA) is 65.6 Å². The summed E-state index contributed by atoms with van der Waals surface area (Å²) in [5, 5.41) is 9.01. The van der Waals surface area contributed by atoms with Gasteiger partial charge in [-0.1, -0.05) is 13.0 Å². The number of pyridine rings is 1. The summed E-state index contributed by atoms with van der Waals surface area (Å²) in [4.78, 5) is 8.99. The van der Waals surface area contributed by atoms with Gasteiger partial charge in [0.1, 0.15) is 0 Å². The fraction of sp³-hybridized carbons (Fsp3) is 0.667. The Hall–Kier alpha value is -1.01. The molecule has 2 atom stereocenters. The molecule has 20 heavy (non-hydrogen) atoms. The first kappa shape index (κ1) is 15.4. The van der Waals surface area contributed by atoms with Crippen LogP contribution in [0.15, 0.2) is 24.5 Å². The van der Waals surface area contributed by atoms with E-state index in [1.165, 1.54) is 5.56 Å². The molecule has 0 bridgehead atoms. The molecule has 0 aliphatic carbocycles. The highest BCUT2D eigenvalue weighted by molar-refractivity contribution is 5.16. The van der Waals surface area contributed by atoms with E-state index in [0.29, 0.717) is 0 Å². The zero-order valence-electron chi connectivity index (χ0n) is 12.3. The van der Waals surface area contributed by atoms with Crippen LogP contribution < -0.4 is 5.73 Å². The van der Waals surface area contributed by atoms with Crippen molar-refractivity contribution in [3.63, 3.8) is 0 Å². The number of aliphatic hydroxyl groups is 1. The number of rotatable bonds is 6. The van der Waals surface area contributed by atoms with Gasteiger partial charge < -0.3 is 10.8 Å². The normalized spacial score (nSPS) is 20.8.